The second-order valence-corrected chi connectivity index (χ2v) is 5.04. The zero-order chi connectivity index (χ0) is 12.3. The highest BCUT2D eigenvalue weighted by atomic mass is 35.5. The minimum absolute atomic E-state index is 0.0138. The number of hydrogen-bond donors (Lipinski definition) is 2. The van der Waals surface area contributed by atoms with Crippen LogP contribution in [0, 0.1) is 5.92 Å². The van der Waals surface area contributed by atoms with Crippen LogP contribution in [0.4, 0.5) is 0 Å². The standard InChI is InChI=1S/C12H16Cl2N2O/c13-9-2-1-3-10(14)11(9)12(16-15)8-4-6-17-7-5-8/h1-3,8,12,16H,4-7,15H2. The third-order valence-electron chi connectivity index (χ3n) is 3.23. The van der Waals surface area contributed by atoms with E-state index in [2.05, 4.69) is 5.43 Å². The highest BCUT2D eigenvalue weighted by Crippen LogP contribution is 2.37. The highest BCUT2D eigenvalue weighted by Gasteiger charge is 2.27. The number of hydrogen-bond acceptors (Lipinski definition) is 3. The van der Waals surface area contributed by atoms with Gasteiger partial charge in [-0.05, 0) is 30.9 Å². The summed E-state index contributed by atoms with van der Waals surface area (Å²) in [5.41, 5.74) is 3.74. The molecule has 1 aliphatic rings. The van der Waals surface area contributed by atoms with E-state index in [0.717, 1.165) is 31.6 Å². The lowest BCUT2D eigenvalue weighted by atomic mass is 9.87. The van der Waals surface area contributed by atoms with Gasteiger partial charge >= 0.3 is 0 Å². The summed E-state index contributed by atoms with van der Waals surface area (Å²) >= 11 is 12.4. The Bertz CT molecular complexity index is 361. The molecular formula is C12H16Cl2N2O. The van der Waals surface area contributed by atoms with Gasteiger partial charge in [0.05, 0.1) is 6.04 Å². The first kappa shape index (κ1) is 13.1. The van der Waals surface area contributed by atoms with Gasteiger partial charge in [-0.15, -0.1) is 0 Å². The zero-order valence-corrected chi connectivity index (χ0v) is 11.0. The van der Waals surface area contributed by atoms with Crippen LogP contribution in [0.3, 0.4) is 0 Å². The first-order chi connectivity index (χ1) is 8.24. The van der Waals surface area contributed by atoms with Crippen LogP contribution in [0.5, 0.6) is 0 Å². The van der Waals surface area contributed by atoms with Gasteiger partial charge in [0.2, 0.25) is 0 Å². The molecule has 1 aliphatic heterocycles. The van der Waals surface area contributed by atoms with Crippen molar-refractivity contribution < 1.29 is 4.74 Å². The quantitative estimate of drug-likeness (QED) is 0.658. The number of ether oxygens (including phenoxy) is 1. The van der Waals surface area contributed by atoms with Crippen molar-refractivity contribution in [1.82, 2.24) is 5.43 Å². The van der Waals surface area contributed by atoms with E-state index in [1.165, 1.54) is 0 Å². The predicted octanol–water partition coefficient (Wildman–Crippen LogP) is 2.92. The molecule has 1 heterocycles. The molecule has 2 rings (SSSR count). The molecule has 3 nitrogen and oxygen atoms in total. The largest absolute Gasteiger partial charge is 0.381 e. The SMILES string of the molecule is NNC(c1c(Cl)cccc1Cl)C1CCOCC1. The van der Waals surface area contributed by atoms with Crippen molar-refractivity contribution in [3.8, 4) is 0 Å². The first-order valence-corrected chi connectivity index (χ1v) is 6.47. The van der Waals surface area contributed by atoms with E-state index < -0.39 is 0 Å². The number of benzene rings is 1. The Hall–Kier alpha value is -0.320. The van der Waals surface area contributed by atoms with E-state index in [0.29, 0.717) is 16.0 Å². The molecule has 1 fully saturated rings. The number of nitrogens with two attached hydrogens (primary N) is 1. The van der Waals surface area contributed by atoms with E-state index in [1.807, 2.05) is 18.2 Å². The summed E-state index contributed by atoms with van der Waals surface area (Å²) in [5, 5.41) is 1.32. The van der Waals surface area contributed by atoms with Gasteiger partial charge in [-0.3, -0.25) is 11.3 Å². The lowest BCUT2D eigenvalue weighted by Gasteiger charge is -2.31. The summed E-state index contributed by atoms with van der Waals surface area (Å²) < 4.78 is 5.36. The van der Waals surface area contributed by atoms with Crippen LogP contribution in [0.2, 0.25) is 10.0 Å². The number of rotatable bonds is 3. The maximum absolute atomic E-state index is 6.21. The lowest BCUT2D eigenvalue weighted by molar-refractivity contribution is 0.0536. The Kier molecular flexibility index (Phi) is 4.65. The molecule has 17 heavy (non-hydrogen) atoms. The molecule has 1 aromatic carbocycles. The summed E-state index contributed by atoms with van der Waals surface area (Å²) in [6.07, 6.45) is 1.94. The fourth-order valence-electron chi connectivity index (χ4n) is 2.31. The van der Waals surface area contributed by atoms with Gasteiger partial charge in [-0.1, -0.05) is 29.3 Å². The third kappa shape index (κ3) is 2.92. The average molecular weight is 275 g/mol. The molecule has 0 saturated carbocycles. The van der Waals surface area contributed by atoms with Gasteiger partial charge in [0.1, 0.15) is 0 Å². The van der Waals surface area contributed by atoms with Crippen molar-refractivity contribution in [2.75, 3.05) is 13.2 Å². The number of halogens is 2. The smallest absolute Gasteiger partial charge is 0.0519 e. The molecule has 1 aromatic rings. The molecule has 94 valence electrons. The number of nitrogens with one attached hydrogen (secondary N) is 1. The summed E-state index contributed by atoms with van der Waals surface area (Å²) in [6.45, 7) is 1.54. The molecule has 0 bridgehead atoms. The minimum atomic E-state index is -0.0138. The monoisotopic (exact) mass is 274 g/mol. The van der Waals surface area contributed by atoms with Crippen molar-refractivity contribution in [1.29, 1.82) is 0 Å². The van der Waals surface area contributed by atoms with E-state index in [9.17, 15) is 0 Å². The fraction of sp³-hybridized carbons (Fsp3) is 0.500. The summed E-state index contributed by atoms with van der Waals surface area (Å²) in [7, 11) is 0. The van der Waals surface area contributed by atoms with Crippen molar-refractivity contribution in [3.63, 3.8) is 0 Å². The van der Waals surface area contributed by atoms with E-state index >= 15 is 0 Å². The van der Waals surface area contributed by atoms with Crippen LogP contribution >= 0.6 is 23.2 Å². The molecule has 0 aliphatic carbocycles. The van der Waals surface area contributed by atoms with Crippen LogP contribution < -0.4 is 11.3 Å². The Balaban J connectivity index is 2.27. The summed E-state index contributed by atoms with van der Waals surface area (Å²) in [4.78, 5) is 0. The molecule has 1 saturated heterocycles. The zero-order valence-electron chi connectivity index (χ0n) is 9.46. The summed E-state index contributed by atoms with van der Waals surface area (Å²) in [5.74, 6) is 6.07. The molecule has 0 amide bonds. The molecule has 0 radical (unpaired) electrons. The van der Waals surface area contributed by atoms with Crippen molar-refractivity contribution in [3.05, 3.63) is 33.8 Å². The van der Waals surface area contributed by atoms with Crippen LogP contribution in [0.15, 0.2) is 18.2 Å². The Labute approximate surface area is 111 Å². The molecule has 5 heteroatoms. The molecular weight excluding hydrogens is 259 g/mol. The van der Waals surface area contributed by atoms with Gasteiger partial charge in [0.15, 0.2) is 0 Å². The van der Waals surface area contributed by atoms with Crippen molar-refractivity contribution in [2.45, 2.75) is 18.9 Å². The van der Waals surface area contributed by atoms with Crippen LogP contribution in [0.1, 0.15) is 24.4 Å². The lowest BCUT2D eigenvalue weighted by Crippen LogP contribution is -2.36. The third-order valence-corrected chi connectivity index (χ3v) is 3.89. The van der Waals surface area contributed by atoms with Gasteiger partial charge in [0.25, 0.3) is 0 Å². The molecule has 1 atom stereocenters. The molecule has 0 spiro atoms. The Morgan fingerprint density at radius 1 is 1.24 bits per heavy atom. The van der Waals surface area contributed by atoms with Crippen LogP contribution in [-0.4, -0.2) is 13.2 Å². The predicted molar refractivity (Wildman–Crippen MR) is 70.1 cm³/mol. The van der Waals surface area contributed by atoms with Gasteiger partial charge < -0.3 is 4.74 Å². The van der Waals surface area contributed by atoms with E-state index in [4.69, 9.17) is 33.8 Å². The normalized spacial score (nSPS) is 19.2. The van der Waals surface area contributed by atoms with Gasteiger partial charge in [-0.2, -0.15) is 0 Å². The topological polar surface area (TPSA) is 47.3 Å². The van der Waals surface area contributed by atoms with E-state index in [-0.39, 0.29) is 6.04 Å². The molecule has 0 aromatic heterocycles. The summed E-state index contributed by atoms with van der Waals surface area (Å²) in [6, 6.07) is 5.50. The maximum Gasteiger partial charge on any atom is 0.0519 e. The second kappa shape index (κ2) is 6.03. The molecule has 3 N–H and O–H groups in total. The van der Waals surface area contributed by atoms with Crippen LogP contribution in [0.25, 0.3) is 0 Å². The van der Waals surface area contributed by atoms with Crippen LogP contribution in [-0.2, 0) is 4.74 Å². The van der Waals surface area contributed by atoms with Gasteiger partial charge in [-0.25, -0.2) is 0 Å². The maximum atomic E-state index is 6.21. The average Bonchev–Trinajstić information content (AvgIpc) is 2.35. The van der Waals surface area contributed by atoms with Crippen molar-refractivity contribution in [2.24, 2.45) is 11.8 Å². The minimum Gasteiger partial charge on any atom is -0.381 e. The van der Waals surface area contributed by atoms with Gasteiger partial charge in [0, 0.05) is 28.8 Å². The second-order valence-electron chi connectivity index (χ2n) is 4.23. The van der Waals surface area contributed by atoms with E-state index in [1.54, 1.807) is 0 Å². The number of hydrazine groups is 1. The first-order valence-electron chi connectivity index (χ1n) is 5.72. The highest BCUT2D eigenvalue weighted by molar-refractivity contribution is 6.36. The molecule has 1 unspecified atom stereocenters. The Morgan fingerprint density at radius 3 is 2.35 bits per heavy atom. The fourth-order valence-corrected chi connectivity index (χ4v) is 2.94. The van der Waals surface area contributed by atoms with Crippen molar-refractivity contribution >= 4 is 23.2 Å². The Morgan fingerprint density at radius 2 is 1.82 bits per heavy atom.